The van der Waals surface area contributed by atoms with Crippen molar-refractivity contribution in [3.05, 3.63) is 57.2 Å². The summed E-state index contributed by atoms with van der Waals surface area (Å²) in [7, 11) is 0. The van der Waals surface area contributed by atoms with Gasteiger partial charge in [-0.2, -0.15) is 31.1 Å². The van der Waals surface area contributed by atoms with Crippen LogP contribution in [0.2, 0.25) is 0 Å². The highest BCUT2D eigenvalue weighted by atomic mass is 16.8. The van der Waals surface area contributed by atoms with Crippen molar-refractivity contribution in [1.82, 2.24) is 0 Å². The second kappa shape index (κ2) is 13.9. The first-order valence-electron chi connectivity index (χ1n) is 10.4. The molecule has 2 aromatic carbocycles. The Hall–Kier alpha value is -3.75. The third-order valence-electron chi connectivity index (χ3n) is 4.86. The van der Waals surface area contributed by atoms with E-state index >= 15 is 0 Å². The van der Waals surface area contributed by atoms with Crippen molar-refractivity contribution in [3.8, 4) is 0 Å². The highest BCUT2D eigenvalue weighted by Gasteiger charge is 2.31. The Morgan fingerprint density at radius 3 is 1.59 bits per heavy atom. The number of quaternary nitrogens is 4. The molecule has 0 bridgehead atoms. The zero-order valence-electron chi connectivity index (χ0n) is 19.3. The van der Waals surface area contributed by atoms with Gasteiger partial charge in [-0.25, -0.2) is 25.6 Å². The second-order valence-corrected chi connectivity index (χ2v) is 7.42. The van der Waals surface area contributed by atoms with E-state index in [0.29, 0.717) is 0 Å². The molecule has 0 aliphatic carbocycles. The molecule has 2 rings (SSSR count). The SMILES string of the molecule is O=C(O)C(=NNc1ccc([NH+]([O-])O)cc1[NH+]([O-])O)C(=NNc1ccc([NH+]([O-])O)cc1[NH+]([O-])O)C(O)C(O)CO. The van der Waals surface area contributed by atoms with Gasteiger partial charge in [-0.3, -0.25) is 10.9 Å². The van der Waals surface area contributed by atoms with Crippen molar-refractivity contribution < 1.29 is 67.0 Å². The quantitative estimate of drug-likeness (QED) is 0.0801. The molecule has 0 aliphatic rings. The smallest absolute Gasteiger partial charge is 0.358 e. The van der Waals surface area contributed by atoms with Crippen molar-refractivity contribution >= 4 is 51.5 Å². The Bertz CT molecular complexity index is 1210. The summed E-state index contributed by atoms with van der Waals surface area (Å²) in [5.41, 5.74) is -0.709. The Balaban J connectivity index is 2.58. The summed E-state index contributed by atoms with van der Waals surface area (Å²) in [6.07, 6.45) is -4.27. The molecule has 0 aliphatic heterocycles. The van der Waals surface area contributed by atoms with E-state index in [4.69, 9.17) is 10.4 Å². The zero-order chi connectivity index (χ0) is 29.4. The van der Waals surface area contributed by atoms with Gasteiger partial charge in [0.05, 0.1) is 18.7 Å². The van der Waals surface area contributed by atoms with Gasteiger partial charge in [-0.1, -0.05) is 0 Å². The molecule has 21 heteroatoms. The average Bonchev–Trinajstić information content (AvgIpc) is 2.88. The molecule has 0 saturated carbocycles. The van der Waals surface area contributed by atoms with Crippen LogP contribution in [0.4, 0.5) is 34.1 Å². The van der Waals surface area contributed by atoms with Crippen LogP contribution in [0.1, 0.15) is 0 Å². The normalized spacial score (nSPS) is 17.1. The molecule has 0 amide bonds. The summed E-state index contributed by atoms with van der Waals surface area (Å²) in [6.45, 7) is -1.09. The minimum atomic E-state index is -2.25. The van der Waals surface area contributed by atoms with Gasteiger partial charge in [-0.15, -0.1) is 0 Å². The number of aliphatic carboxylic acids is 1. The number of carboxylic acids is 1. The van der Waals surface area contributed by atoms with Crippen LogP contribution in [-0.4, -0.2) is 77.5 Å². The molecular weight excluding hydrogens is 536 g/mol. The van der Waals surface area contributed by atoms with E-state index in [2.05, 4.69) is 21.1 Å². The van der Waals surface area contributed by atoms with Crippen LogP contribution >= 0.6 is 0 Å². The van der Waals surface area contributed by atoms with Gasteiger partial charge in [0.2, 0.25) is 0 Å². The Morgan fingerprint density at radius 1 is 0.795 bits per heavy atom. The van der Waals surface area contributed by atoms with Gasteiger partial charge in [-0.05, 0) is 12.1 Å². The first-order valence-corrected chi connectivity index (χ1v) is 10.4. The van der Waals surface area contributed by atoms with Crippen LogP contribution in [-0.2, 0) is 4.79 Å². The lowest BCUT2D eigenvalue weighted by atomic mass is 10.1. The molecule has 0 fully saturated rings. The van der Waals surface area contributed by atoms with E-state index < -0.39 is 79.9 Å². The minimum absolute atomic E-state index is 0.370. The van der Waals surface area contributed by atoms with Crippen LogP contribution in [0, 0.1) is 20.8 Å². The van der Waals surface area contributed by atoms with E-state index in [1.54, 1.807) is 0 Å². The summed E-state index contributed by atoms with van der Waals surface area (Å²) in [5, 5.41) is 122. The molecule has 0 spiro atoms. The third-order valence-corrected chi connectivity index (χ3v) is 4.86. The van der Waals surface area contributed by atoms with Gasteiger partial charge in [0.1, 0.15) is 29.3 Å². The maximum atomic E-state index is 12.0. The zero-order valence-corrected chi connectivity index (χ0v) is 19.3. The standard InChI is InChI=1S/C18H24N8O13/c27-7-14(28)17(29)15(21-19-10-3-1-8(23(32)33)5-12(10)25(36)37)16(18(30)31)22-20-11-4-2-9(24(34)35)6-13(11)26(38)39/h1-6,14,17,19-20,23-29,32,34,36,38H,7H2,(H,30,31). The first kappa shape index (κ1) is 31.5. The van der Waals surface area contributed by atoms with Crippen molar-refractivity contribution in [2.45, 2.75) is 12.2 Å². The van der Waals surface area contributed by atoms with Crippen molar-refractivity contribution in [2.24, 2.45) is 10.2 Å². The second-order valence-electron chi connectivity index (χ2n) is 7.42. The number of benzene rings is 2. The average molecular weight is 560 g/mol. The lowest BCUT2D eigenvalue weighted by Crippen LogP contribution is -3.00. The summed E-state index contributed by atoms with van der Waals surface area (Å²) in [4.78, 5) is 12.0. The fourth-order valence-corrected chi connectivity index (χ4v) is 2.90. The molecule has 39 heavy (non-hydrogen) atoms. The number of aliphatic hydroxyl groups excluding tert-OH is 3. The summed E-state index contributed by atoms with van der Waals surface area (Å²) >= 11 is 0. The minimum Gasteiger partial charge on any atom is -0.595 e. The Kier molecular flexibility index (Phi) is 11.2. The molecule has 6 unspecified atom stereocenters. The van der Waals surface area contributed by atoms with Crippen LogP contribution in [0.25, 0.3) is 0 Å². The van der Waals surface area contributed by atoms with Crippen LogP contribution in [0.5, 0.6) is 0 Å². The van der Waals surface area contributed by atoms with Gasteiger partial charge in [0.25, 0.3) is 0 Å². The number of nitrogens with one attached hydrogen (secondary N) is 6. The molecule has 0 radical (unpaired) electrons. The van der Waals surface area contributed by atoms with Crippen molar-refractivity contribution in [3.63, 3.8) is 0 Å². The van der Waals surface area contributed by atoms with Gasteiger partial charge >= 0.3 is 5.97 Å². The van der Waals surface area contributed by atoms with E-state index in [9.17, 15) is 56.5 Å². The molecule has 14 N–H and O–H groups in total. The lowest BCUT2D eigenvalue weighted by Gasteiger charge is -2.20. The number of aliphatic hydroxyl groups is 3. The highest BCUT2D eigenvalue weighted by Crippen LogP contribution is 2.22. The monoisotopic (exact) mass is 560 g/mol. The van der Waals surface area contributed by atoms with Crippen LogP contribution in [0.3, 0.4) is 0 Å². The Morgan fingerprint density at radius 2 is 1.23 bits per heavy atom. The number of hydrogen-bond acceptors (Lipinski definition) is 16. The van der Waals surface area contributed by atoms with Gasteiger partial charge < -0.3 is 41.3 Å². The molecule has 0 saturated heterocycles. The highest BCUT2D eigenvalue weighted by molar-refractivity contribution is 6.66. The largest absolute Gasteiger partial charge is 0.595 e. The topological polar surface area (TPSA) is 338 Å². The third kappa shape index (κ3) is 8.12. The lowest BCUT2D eigenvalue weighted by molar-refractivity contribution is -0.996. The molecule has 0 heterocycles. The fraction of sp³-hybridized carbons (Fsp3) is 0.167. The van der Waals surface area contributed by atoms with Crippen molar-refractivity contribution in [2.75, 3.05) is 17.5 Å². The van der Waals surface area contributed by atoms with E-state index in [1.807, 2.05) is 0 Å². The van der Waals surface area contributed by atoms with Gasteiger partial charge in [0, 0.05) is 12.1 Å². The summed E-state index contributed by atoms with van der Waals surface area (Å²) < 4.78 is 0. The Labute approximate surface area is 216 Å². The van der Waals surface area contributed by atoms with E-state index in [0.717, 1.165) is 36.4 Å². The number of hydrazone groups is 2. The first-order chi connectivity index (χ1) is 18.3. The molecule has 0 aromatic heterocycles. The maximum Gasteiger partial charge on any atom is 0.358 e. The van der Waals surface area contributed by atoms with E-state index in [-0.39, 0.29) is 11.4 Å². The predicted molar refractivity (Wildman–Crippen MR) is 125 cm³/mol. The summed E-state index contributed by atoms with van der Waals surface area (Å²) in [5.74, 6) is -1.90. The van der Waals surface area contributed by atoms with E-state index in [1.165, 1.54) is 0 Å². The number of rotatable bonds is 13. The van der Waals surface area contributed by atoms with Crippen LogP contribution < -0.4 is 31.8 Å². The number of anilines is 2. The maximum absolute atomic E-state index is 12.0. The molecule has 21 nitrogen and oxygen atoms in total. The van der Waals surface area contributed by atoms with Gasteiger partial charge in [0.15, 0.2) is 28.5 Å². The van der Waals surface area contributed by atoms with Crippen molar-refractivity contribution in [1.29, 1.82) is 0 Å². The predicted octanol–water partition coefficient (Wildman–Crippen LogP) is -5.67. The number of hydrogen-bond donors (Lipinski definition) is 14. The fourth-order valence-electron chi connectivity index (χ4n) is 2.90. The number of carbonyl (C=O) groups is 1. The summed E-state index contributed by atoms with van der Waals surface area (Å²) in [6, 6.07) is 5.45. The number of nitrogens with zero attached hydrogens (tertiary/aromatic N) is 2. The number of carboxylic acid groups (broad SMARTS) is 1. The molecule has 6 atom stereocenters. The van der Waals surface area contributed by atoms with Crippen LogP contribution in [0.15, 0.2) is 46.6 Å². The molecular formula is C18H24N8O13. The molecule has 2 aromatic rings. The molecule has 214 valence electrons.